The van der Waals surface area contributed by atoms with Crippen LogP contribution in [-0.4, -0.2) is 20.2 Å². The van der Waals surface area contributed by atoms with E-state index in [9.17, 15) is 0 Å². The van der Waals surface area contributed by atoms with Gasteiger partial charge in [0.2, 0.25) is 0 Å². The Balaban J connectivity index is 0. The quantitative estimate of drug-likeness (QED) is 0.752. The number of hydrogen-bond acceptors (Lipinski definition) is 2. The highest BCUT2D eigenvalue weighted by Gasteiger charge is 2.00. The molecule has 106 valence electrons. The van der Waals surface area contributed by atoms with E-state index >= 15 is 0 Å². The Bertz CT molecular complexity index is 252. The zero-order valence-corrected chi connectivity index (χ0v) is 13.3. The van der Waals surface area contributed by atoms with Gasteiger partial charge in [-0.05, 0) is 31.5 Å². The van der Waals surface area contributed by atoms with Gasteiger partial charge in [-0.15, -0.1) is 0 Å². The number of hydrogen-bond donors (Lipinski definition) is 0. The van der Waals surface area contributed by atoms with Gasteiger partial charge >= 0.3 is 0 Å². The molecule has 0 saturated heterocycles. The summed E-state index contributed by atoms with van der Waals surface area (Å²) >= 11 is 0. The minimum atomic E-state index is 0.693. The summed E-state index contributed by atoms with van der Waals surface area (Å²) in [6.07, 6.45) is 0. The van der Waals surface area contributed by atoms with E-state index in [0.717, 1.165) is 13.1 Å². The molecule has 0 unspecified atom stereocenters. The second-order valence-corrected chi connectivity index (χ2v) is 3.27. The molecule has 0 aliphatic rings. The van der Waals surface area contributed by atoms with Gasteiger partial charge in [0, 0.05) is 25.9 Å². The van der Waals surface area contributed by atoms with Gasteiger partial charge in [0.1, 0.15) is 0 Å². The molecule has 0 aliphatic carbocycles. The van der Waals surface area contributed by atoms with Crippen LogP contribution in [0, 0.1) is 0 Å². The predicted molar refractivity (Wildman–Crippen MR) is 83.4 cm³/mol. The molecule has 0 aliphatic heterocycles. The lowest BCUT2D eigenvalue weighted by Crippen LogP contribution is -2.21. The smallest absolute Gasteiger partial charge is 0.0713 e. The van der Waals surface area contributed by atoms with Crippen LogP contribution in [0.15, 0.2) is 24.3 Å². The lowest BCUT2D eigenvalue weighted by molar-refractivity contribution is 0.185. The summed E-state index contributed by atoms with van der Waals surface area (Å²) in [6.45, 7) is 15.2. The van der Waals surface area contributed by atoms with Crippen molar-refractivity contribution in [2.75, 3.05) is 25.1 Å². The summed E-state index contributed by atoms with van der Waals surface area (Å²) in [6, 6.07) is 8.55. The largest absolute Gasteiger partial charge is 0.380 e. The van der Waals surface area contributed by atoms with Crippen LogP contribution in [-0.2, 0) is 11.3 Å². The Morgan fingerprint density at radius 1 is 0.889 bits per heavy atom. The third-order valence-electron chi connectivity index (χ3n) is 2.38. The van der Waals surface area contributed by atoms with E-state index in [2.05, 4.69) is 43.0 Å². The van der Waals surface area contributed by atoms with Gasteiger partial charge in [-0.1, -0.05) is 39.8 Å². The maximum atomic E-state index is 5.07. The lowest BCUT2D eigenvalue weighted by Gasteiger charge is -2.21. The van der Waals surface area contributed by atoms with Crippen LogP contribution in [0.1, 0.15) is 47.1 Å². The number of rotatable bonds is 5. The first-order valence-electron chi connectivity index (χ1n) is 7.14. The maximum absolute atomic E-state index is 5.07. The van der Waals surface area contributed by atoms with Crippen LogP contribution < -0.4 is 4.90 Å². The molecule has 1 aromatic carbocycles. The minimum absolute atomic E-state index is 0.693. The molecule has 2 heteroatoms. The van der Waals surface area contributed by atoms with E-state index in [1.807, 2.05) is 27.7 Å². The van der Waals surface area contributed by atoms with Crippen LogP contribution in [0.5, 0.6) is 0 Å². The van der Waals surface area contributed by atoms with Crippen LogP contribution in [0.3, 0.4) is 0 Å². The van der Waals surface area contributed by atoms with E-state index in [1.165, 1.54) is 11.3 Å². The standard InChI is InChI=1S/C12H19NO.2C2H6/c1-4-13(5-2)12-8-6-11(7-9-12)10-14-3;2*1-2/h6-9H,4-5,10H2,1-3H3;2*1-2H3. The van der Waals surface area contributed by atoms with Crippen molar-refractivity contribution >= 4 is 5.69 Å². The molecule has 0 bridgehead atoms. The molecule has 0 aromatic heterocycles. The zero-order chi connectivity index (χ0) is 14.4. The SMILES string of the molecule is CC.CC.CCN(CC)c1ccc(COC)cc1. The Kier molecular flexibility index (Phi) is 15.1. The Labute approximate surface area is 114 Å². The van der Waals surface area contributed by atoms with Crippen molar-refractivity contribution in [1.29, 1.82) is 0 Å². The fourth-order valence-electron chi connectivity index (χ4n) is 1.56. The number of nitrogens with zero attached hydrogens (tertiary/aromatic N) is 1. The van der Waals surface area contributed by atoms with Crippen molar-refractivity contribution in [2.45, 2.75) is 48.1 Å². The molecule has 0 radical (unpaired) electrons. The highest BCUT2D eigenvalue weighted by molar-refractivity contribution is 5.47. The number of methoxy groups -OCH3 is 1. The molecular formula is C16H31NO. The van der Waals surface area contributed by atoms with E-state index in [1.54, 1.807) is 7.11 Å². The van der Waals surface area contributed by atoms with Crippen molar-refractivity contribution in [1.82, 2.24) is 0 Å². The van der Waals surface area contributed by atoms with E-state index in [0.29, 0.717) is 6.61 Å². The summed E-state index contributed by atoms with van der Waals surface area (Å²) in [5.41, 5.74) is 2.51. The van der Waals surface area contributed by atoms with Crippen LogP contribution >= 0.6 is 0 Å². The highest BCUT2D eigenvalue weighted by atomic mass is 16.5. The molecule has 0 saturated carbocycles. The van der Waals surface area contributed by atoms with E-state index in [-0.39, 0.29) is 0 Å². The lowest BCUT2D eigenvalue weighted by atomic mass is 10.2. The Morgan fingerprint density at radius 2 is 1.33 bits per heavy atom. The zero-order valence-electron chi connectivity index (χ0n) is 13.3. The average Bonchev–Trinajstić information content (AvgIpc) is 2.47. The van der Waals surface area contributed by atoms with Crippen molar-refractivity contribution < 1.29 is 4.74 Å². The summed E-state index contributed by atoms with van der Waals surface area (Å²) in [4.78, 5) is 2.33. The predicted octanol–water partition coefficient (Wildman–Crippen LogP) is 4.73. The Morgan fingerprint density at radius 3 is 1.67 bits per heavy atom. The van der Waals surface area contributed by atoms with Crippen LogP contribution in [0.2, 0.25) is 0 Å². The molecule has 0 atom stereocenters. The third-order valence-corrected chi connectivity index (χ3v) is 2.38. The number of benzene rings is 1. The molecule has 1 aromatic rings. The monoisotopic (exact) mass is 253 g/mol. The molecule has 2 nitrogen and oxygen atoms in total. The van der Waals surface area contributed by atoms with Gasteiger partial charge in [0.25, 0.3) is 0 Å². The second kappa shape index (κ2) is 14.0. The van der Waals surface area contributed by atoms with Gasteiger partial charge < -0.3 is 9.64 Å². The first-order valence-corrected chi connectivity index (χ1v) is 7.14. The molecule has 1 rings (SSSR count). The third kappa shape index (κ3) is 7.33. The minimum Gasteiger partial charge on any atom is -0.380 e. The average molecular weight is 253 g/mol. The van der Waals surface area contributed by atoms with Crippen molar-refractivity contribution in [3.8, 4) is 0 Å². The fraction of sp³-hybridized carbons (Fsp3) is 0.625. The molecule has 0 spiro atoms. The summed E-state index contributed by atoms with van der Waals surface area (Å²) in [5, 5.41) is 0. The highest BCUT2D eigenvalue weighted by Crippen LogP contribution is 2.15. The number of ether oxygens (including phenoxy) is 1. The molecule has 18 heavy (non-hydrogen) atoms. The topological polar surface area (TPSA) is 12.5 Å². The van der Waals surface area contributed by atoms with Crippen molar-refractivity contribution in [3.63, 3.8) is 0 Å². The Hall–Kier alpha value is -1.02. The normalized spacial score (nSPS) is 8.61. The van der Waals surface area contributed by atoms with Crippen molar-refractivity contribution in [2.24, 2.45) is 0 Å². The molecule has 0 N–H and O–H groups in total. The first kappa shape index (κ1) is 19.3. The van der Waals surface area contributed by atoms with Gasteiger partial charge in [-0.25, -0.2) is 0 Å². The van der Waals surface area contributed by atoms with Gasteiger partial charge in [-0.2, -0.15) is 0 Å². The molecular weight excluding hydrogens is 222 g/mol. The van der Waals surface area contributed by atoms with E-state index in [4.69, 9.17) is 4.74 Å². The molecule has 0 fully saturated rings. The fourth-order valence-corrected chi connectivity index (χ4v) is 1.56. The maximum Gasteiger partial charge on any atom is 0.0713 e. The molecule has 0 heterocycles. The number of anilines is 1. The van der Waals surface area contributed by atoms with Crippen molar-refractivity contribution in [3.05, 3.63) is 29.8 Å². The second-order valence-electron chi connectivity index (χ2n) is 3.27. The molecule has 0 amide bonds. The van der Waals surface area contributed by atoms with Gasteiger partial charge in [-0.3, -0.25) is 0 Å². The van der Waals surface area contributed by atoms with Gasteiger partial charge in [0.05, 0.1) is 6.61 Å². The summed E-state index contributed by atoms with van der Waals surface area (Å²) < 4.78 is 5.07. The summed E-state index contributed by atoms with van der Waals surface area (Å²) in [5.74, 6) is 0. The van der Waals surface area contributed by atoms with Crippen LogP contribution in [0.4, 0.5) is 5.69 Å². The summed E-state index contributed by atoms with van der Waals surface area (Å²) in [7, 11) is 1.72. The van der Waals surface area contributed by atoms with Gasteiger partial charge in [0.15, 0.2) is 0 Å². The first-order chi connectivity index (χ1) is 8.81. The van der Waals surface area contributed by atoms with Crippen LogP contribution in [0.25, 0.3) is 0 Å². The van der Waals surface area contributed by atoms with E-state index < -0.39 is 0 Å².